The normalized spacial score (nSPS) is 20.4. The first kappa shape index (κ1) is 17.5. The van der Waals surface area contributed by atoms with Gasteiger partial charge in [-0.05, 0) is 11.5 Å². The van der Waals surface area contributed by atoms with Gasteiger partial charge in [-0.3, -0.25) is 9.59 Å². The molecule has 5 heteroatoms. The van der Waals surface area contributed by atoms with Gasteiger partial charge in [-0.1, -0.05) is 50.6 Å². The van der Waals surface area contributed by atoms with Crippen LogP contribution in [-0.4, -0.2) is 35.8 Å². The molecule has 23 heavy (non-hydrogen) atoms. The number of benzene rings is 1. The van der Waals surface area contributed by atoms with Crippen molar-refractivity contribution in [1.82, 2.24) is 10.2 Å². The standard InChI is InChI=1S/C18H27N3O2/c1-3-13(2)17(19)18(23)20-10-15-9-16(22)21(12-15)11-14-7-5-4-6-8-14/h4-8,13,15,17H,3,9-12,19H2,1-2H3,(H,20,23). The van der Waals surface area contributed by atoms with E-state index < -0.39 is 6.04 Å². The van der Waals surface area contributed by atoms with Crippen molar-refractivity contribution in [2.75, 3.05) is 13.1 Å². The Balaban J connectivity index is 1.80. The highest BCUT2D eigenvalue weighted by Crippen LogP contribution is 2.19. The second kappa shape index (κ2) is 8.11. The molecular weight excluding hydrogens is 290 g/mol. The minimum Gasteiger partial charge on any atom is -0.354 e. The number of hydrogen-bond donors (Lipinski definition) is 2. The highest BCUT2D eigenvalue weighted by atomic mass is 16.2. The molecule has 5 nitrogen and oxygen atoms in total. The van der Waals surface area contributed by atoms with Crippen LogP contribution in [0.5, 0.6) is 0 Å². The average molecular weight is 317 g/mol. The molecule has 0 saturated carbocycles. The lowest BCUT2D eigenvalue weighted by Gasteiger charge is -2.20. The summed E-state index contributed by atoms with van der Waals surface area (Å²) in [6, 6.07) is 9.49. The van der Waals surface area contributed by atoms with Crippen LogP contribution in [0.3, 0.4) is 0 Å². The zero-order valence-electron chi connectivity index (χ0n) is 14.0. The van der Waals surface area contributed by atoms with E-state index >= 15 is 0 Å². The number of carbonyl (C=O) groups is 2. The molecule has 2 amide bonds. The van der Waals surface area contributed by atoms with E-state index in [9.17, 15) is 9.59 Å². The highest BCUT2D eigenvalue weighted by Gasteiger charge is 2.30. The van der Waals surface area contributed by atoms with Crippen molar-refractivity contribution < 1.29 is 9.59 Å². The van der Waals surface area contributed by atoms with Crippen LogP contribution in [0.2, 0.25) is 0 Å². The third-order valence-corrected chi connectivity index (χ3v) is 4.64. The van der Waals surface area contributed by atoms with E-state index in [0.717, 1.165) is 12.0 Å². The third kappa shape index (κ3) is 4.79. The van der Waals surface area contributed by atoms with Crippen LogP contribution < -0.4 is 11.1 Å². The smallest absolute Gasteiger partial charge is 0.237 e. The van der Waals surface area contributed by atoms with Gasteiger partial charge < -0.3 is 16.0 Å². The number of nitrogens with one attached hydrogen (secondary N) is 1. The third-order valence-electron chi connectivity index (χ3n) is 4.64. The number of amides is 2. The highest BCUT2D eigenvalue weighted by molar-refractivity contribution is 5.82. The number of nitrogens with two attached hydrogens (primary N) is 1. The Bertz CT molecular complexity index is 532. The Morgan fingerprint density at radius 3 is 2.74 bits per heavy atom. The van der Waals surface area contributed by atoms with Gasteiger partial charge in [0, 0.05) is 32.0 Å². The maximum Gasteiger partial charge on any atom is 0.237 e. The monoisotopic (exact) mass is 317 g/mol. The fraction of sp³-hybridized carbons (Fsp3) is 0.556. The SMILES string of the molecule is CCC(C)C(N)C(=O)NCC1CC(=O)N(Cc2ccccc2)C1. The van der Waals surface area contributed by atoms with E-state index in [4.69, 9.17) is 5.73 Å². The molecule has 1 heterocycles. The van der Waals surface area contributed by atoms with E-state index in [0.29, 0.717) is 26.1 Å². The molecule has 0 spiro atoms. The topological polar surface area (TPSA) is 75.4 Å². The molecule has 1 aromatic rings. The first-order chi connectivity index (χ1) is 11.0. The van der Waals surface area contributed by atoms with Crippen LogP contribution in [0.1, 0.15) is 32.3 Å². The minimum atomic E-state index is -0.475. The summed E-state index contributed by atoms with van der Waals surface area (Å²) in [5.74, 6) is 0.363. The first-order valence-corrected chi connectivity index (χ1v) is 8.36. The van der Waals surface area contributed by atoms with Crippen LogP contribution in [0.4, 0.5) is 0 Å². The summed E-state index contributed by atoms with van der Waals surface area (Å²) in [6.45, 7) is 5.84. The van der Waals surface area contributed by atoms with E-state index in [-0.39, 0.29) is 23.7 Å². The van der Waals surface area contributed by atoms with Crippen molar-refractivity contribution in [3.8, 4) is 0 Å². The van der Waals surface area contributed by atoms with E-state index in [1.54, 1.807) is 0 Å². The molecule has 3 N–H and O–H groups in total. The Morgan fingerprint density at radius 1 is 1.39 bits per heavy atom. The largest absolute Gasteiger partial charge is 0.354 e. The molecule has 1 fully saturated rings. The lowest BCUT2D eigenvalue weighted by molar-refractivity contribution is -0.128. The molecule has 0 aliphatic carbocycles. The second-order valence-corrected chi connectivity index (χ2v) is 6.49. The molecule has 0 aromatic heterocycles. The summed E-state index contributed by atoms with van der Waals surface area (Å²) in [7, 11) is 0. The molecule has 1 aliphatic rings. The molecule has 2 rings (SSSR count). The predicted octanol–water partition coefficient (Wildman–Crippen LogP) is 1.52. The number of rotatable bonds is 7. The van der Waals surface area contributed by atoms with Gasteiger partial charge in [-0.15, -0.1) is 0 Å². The molecule has 1 aliphatic heterocycles. The molecule has 1 saturated heterocycles. The Morgan fingerprint density at radius 2 is 2.09 bits per heavy atom. The van der Waals surface area contributed by atoms with Gasteiger partial charge in [0.1, 0.15) is 0 Å². The fourth-order valence-corrected chi connectivity index (χ4v) is 2.82. The predicted molar refractivity (Wildman–Crippen MR) is 90.4 cm³/mol. The van der Waals surface area contributed by atoms with Gasteiger partial charge in [0.25, 0.3) is 0 Å². The molecule has 0 radical (unpaired) electrons. The quantitative estimate of drug-likeness (QED) is 0.801. The number of carbonyl (C=O) groups excluding carboxylic acids is 2. The molecule has 1 aromatic carbocycles. The van der Waals surface area contributed by atoms with E-state index in [2.05, 4.69) is 5.32 Å². The molecule has 126 valence electrons. The van der Waals surface area contributed by atoms with Gasteiger partial charge in [-0.2, -0.15) is 0 Å². The molecular formula is C18H27N3O2. The van der Waals surface area contributed by atoms with Gasteiger partial charge >= 0.3 is 0 Å². The summed E-state index contributed by atoms with van der Waals surface area (Å²) in [4.78, 5) is 26.0. The van der Waals surface area contributed by atoms with Crippen molar-refractivity contribution in [3.05, 3.63) is 35.9 Å². The van der Waals surface area contributed by atoms with Crippen molar-refractivity contribution >= 4 is 11.8 Å². The lowest BCUT2D eigenvalue weighted by atomic mass is 9.99. The maximum absolute atomic E-state index is 12.1. The first-order valence-electron chi connectivity index (χ1n) is 8.36. The zero-order chi connectivity index (χ0) is 16.8. The summed E-state index contributed by atoms with van der Waals surface area (Å²) >= 11 is 0. The van der Waals surface area contributed by atoms with Crippen LogP contribution in [0.15, 0.2) is 30.3 Å². The zero-order valence-corrected chi connectivity index (χ0v) is 14.0. The van der Waals surface area contributed by atoms with Crippen LogP contribution >= 0.6 is 0 Å². The van der Waals surface area contributed by atoms with E-state index in [1.165, 1.54) is 0 Å². The van der Waals surface area contributed by atoms with Crippen molar-refractivity contribution in [2.24, 2.45) is 17.6 Å². The molecule has 3 atom stereocenters. The Labute approximate surface area is 138 Å². The Hall–Kier alpha value is -1.88. The molecule has 0 bridgehead atoms. The van der Waals surface area contributed by atoms with Gasteiger partial charge in [0.05, 0.1) is 6.04 Å². The van der Waals surface area contributed by atoms with Crippen molar-refractivity contribution in [1.29, 1.82) is 0 Å². The Kier molecular flexibility index (Phi) is 6.16. The number of hydrogen-bond acceptors (Lipinski definition) is 3. The van der Waals surface area contributed by atoms with Crippen LogP contribution in [0.25, 0.3) is 0 Å². The van der Waals surface area contributed by atoms with Crippen molar-refractivity contribution in [2.45, 2.75) is 39.3 Å². The minimum absolute atomic E-state index is 0.117. The van der Waals surface area contributed by atoms with Gasteiger partial charge in [0.2, 0.25) is 11.8 Å². The summed E-state index contributed by atoms with van der Waals surface area (Å²) in [5, 5.41) is 2.90. The summed E-state index contributed by atoms with van der Waals surface area (Å²) < 4.78 is 0. The van der Waals surface area contributed by atoms with Gasteiger partial charge in [-0.25, -0.2) is 0 Å². The summed E-state index contributed by atoms with van der Waals surface area (Å²) in [5.41, 5.74) is 7.05. The number of nitrogens with zero attached hydrogens (tertiary/aromatic N) is 1. The van der Waals surface area contributed by atoms with Crippen LogP contribution in [-0.2, 0) is 16.1 Å². The van der Waals surface area contributed by atoms with Crippen LogP contribution in [0, 0.1) is 11.8 Å². The van der Waals surface area contributed by atoms with E-state index in [1.807, 2.05) is 49.1 Å². The summed E-state index contributed by atoms with van der Waals surface area (Å²) in [6.07, 6.45) is 1.37. The maximum atomic E-state index is 12.1. The average Bonchev–Trinajstić information content (AvgIpc) is 2.92. The fourth-order valence-electron chi connectivity index (χ4n) is 2.82. The second-order valence-electron chi connectivity index (χ2n) is 6.49. The van der Waals surface area contributed by atoms with Crippen molar-refractivity contribution in [3.63, 3.8) is 0 Å². The number of likely N-dealkylation sites (tertiary alicyclic amines) is 1. The lowest BCUT2D eigenvalue weighted by Crippen LogP contribution is -2.46. The van der Waals surface area contributed by atoms with Gasteiger partial charge in [0.15, 0.2) is 0 Å². The molecule has 3 unspecified atom stereocenters.